The predicted molar refractivity (Wildman–Crippen MR) is 80.5 cm³/mol. The molecule has 114 valence electrons. The molecule has 0 aliphatic rings. The molecular weight excluding hydrogens is 271 g/mol. The van der Waals surface area contributed by atoms with E-state index in [1.165, 1.54) is 12.1 Å². The summed E-state index contributed by atoms with van der Waals surface area (Å²) in [5.41, 5.74) is 0.431. The van der Waals surface area contributed by atoms with E-state index in [2.05, 4.69) is 17.2 Å². The molecule has 1 aromatic rings. The number of aliphatic hydroxyl groups excluding tert-OH is 1. The monoisotopic (exact) mass is 292 g/mol. The number of halogens is 1. The van der Waals surface area contributed by atoms with Gasteiger partial charge in [0.25, 0.3) is 5.91 Å². The van der Waals surface area contributed by atoms with Crippen LogP contribution in [0.1, 0.15) is 29.3 Å². The lowest BCUT2D eigenvalue weighted by Crippen LogP contribution is -2.35. The summed E-state index contributed by atoms with van der Waals surface area (Å²) < 4.78 is 13.9. The molecule has 1 unspecified atom stereocenters. The minimum absolute atomic E-state index is 0.00116. The standard InChI is InChI=1S/C16H21FN2O2/c1-12(8-9-19(2)3)18-16(21)14-7-6-13(5-4-10-20)11-15(14)17/h6-7,11-12,20H,8-10H2,1-3H3,(H,18,21). The fourth-order valence-corrected chi connectivity index (χ4v) is 1.74. The van der Waals surface area contributed by atoms with E-state index in [1.807, 2.05) is 25.9 Å². The van der Waals surface area contributed by atoms with Gasteiger partial charge in [-0.1, -0.05) is 11.8 Å². The van der Waals surface area contributed by atoms with Crippen LogP contribution in [0.4, 0.5) is 4.39 Å². The highest BCUT2D eigenvalue weighted by molar-refractivity contribution is 5.94. The van der Waals surface area contributed by atoms with Gasteiger partial charge in [-0.25, -0.2) is 4.39 Å². The average molecular weight is 292 g/mol. The summed E-state index contributed by atoms with van der Waals surface area (Å²) in [5, 5.41) is 11.4. The van der Waals surface area contributed by atoms with Crippen LogP contribution >= 0.6 is 0 Å². The summed E-state index contributed by atoms with van der Waals surface area (Å²) in [6, 6.07) is 4.13. The molecule has 1 atom stereocenters. The Labute approximate surface area is 125 Å². The zero-order chi connectivity index (χ0) is 15.8. The molecule has 0 aliphatic carbocycles. The maximum Gasteiger partial charge on any atom is 0.254 e. The van der Waals surface area contributed by atoms with E-state index in [1.54, 1.807) is 6.07 Å². The van der Waals surface area contributed by atoms with Crippen molar-refractivity contribution in [3.8, 4) is 11.8 Å². The van der Waals surface area contributed by atoms with Crippen molar-refractivity contribution in [2.24, 2.45) is 0 Å². The largest absolute Gasteiger partial charge is 0.384 e. The van der Waals surface area contributed by atoms with Crippen LogP contribution in [0.2, 0.25) is 0 Å². The van der Waals surface area contributed by atoms with E-state index in [0.717, 1.165) is 13.0 Å². The van der Waals surface area contributed by atoms with Crippen LogP contribution in [0.25, 0.3) is 0 Å². The third-order valence-corrected chi connectivity index (χ3v) is 2.91. The first-order chi connectivity index (χ1) is 9.93. The van der Waals surface area contributed by atoms with Crippen molar-refractivity contribution >= 4 is 5.91 Å². The quantitative estimate of drug-likeness (QED) is 0.803. The Hall–Kier alpha value is -1.90. The number of amides is 1. The topological polar surface area (TPSA) is 52.6 Å². The number of rotatable bonds is 5. The summed E-state index contributed by atoms with van der Waals surface area (Å²) in [7, 11) is 3.92. The number of hydrogen-bond acceptors (Lipinski definition) is 3. The second-order valence-electron chi connectivity index (χ2n) is 5.12. The predicted octanol–water partition coefficient (Wildman–Crippen LogP) is 1.24. The molecule has 0 aromatic heterocycles. The van der Waals surface area contributed by atoms with Gasteiger partial charge in [0.15, 0.2) is 0 Å². The number of nitrogens with one attached hydrogen (secondary N) is 1. The lowest BCUT2D eigenvalue weighted by molar-refractivity contribution is 0.0932. The van der Waals surface area contributed by atoms with E-state index >= 15 is 0 Å². The summed E-state index contributed by atoms with van der Waals surface area (Å²) >= 11 is 0. The molecule has 21 heavy (non-hydrogen) atoms. The van der Waals surface area contributed by atoms with Crippen LogP contribution in [-0.4, -0.2) is 49.2 Å². The molecular formula is C16H21FN2O2. The third kappa shape index (κ3) is 5.94. The minimum Gasteiger partial charge on any atom is -0.384 e. The van der Waals surface area contributed by atoms with Gasteiger partial charge in [0.1, 0.15) is 12.4 Å². The van der Waals surface area contributed by atoms with Crippen LogP contribution in [-0.2, 0) is 0 Å². The van der Waals surface area contributed by atoms with Crippen LogP contribution in [0.15, 0.2) is 18.2 Å². The second kappa shape index (κ2) is 8.40. The number of nitrogens with zero attached hydrogens (tertiary/aromatic N) is 1. The smallest absolute Gasteiger partial charge is 0.254 e. The zero-order valence-electron chi connectivity index (χ0n) is 12.6. The maximum absolute atomic E-state index is 13.9. The Morgan fingerprint density at radius 1 is 1.48 bits per heavy atom. The lowest BCUT2D eigenvalue weighted by atomic mass is 10.1. The van der Waals surface area contributed by atoms with Gasteiger partial charge in [-0.05, 0) is 52.2 Å². The molecule has 0 saturated heterocycles. The van der Waals surface area contributed by atoms with E-state index in [-0.39, 0.29) is 18.2 Å². The first-order valence-corrected chi connectivity index (χ1v) is 6.79. The van der Waals surface area contributed by atoms with Gasteiger partial charge in [-0.3, -0.25) is 4.79 Å². The van der Waals surface area contributed by atoms with Crippen LogP contribution in [0.5, 0.6) is 0 Å². The van der Waals surface area contributed by atoms with Crippen molar-refractivity contribution < 1.29 is 14.3 Å². The number of carbonyl (C=O) groups excluding carboxylic acids is 1. The van der Waals surface area contributed by atoms with E-state index in [9.17, 15) is 9.18 Å². The number of hydrogen-bond donors (Lipinski definition) is 2. The fourth-order valence-electron chi connectivity index (χ4n) is 1.74. The fraction of sp³-hybridized carbons (Fsp3) is 0.438. The van der Waals surface area contributed by atoms with Crippen molar-refractivity contribution in [2.45, 2.75) is 19.4 Å². The first kappa shape index (κ1) is 17.2. The van der Waals surface area contributed by atoms with Gasteiger partial charge in [-0.15, -0.1) is 0 Å². The van der Waals surface area contributed by atoms with Gasteiger partial charge in [0.05, 0.1) is 5.56 Å². The van der Waals surface area contributed by atoms with Gasteiger partial charge >= 0.3 is 0 Å². The summed E-state index contributed by atoms with van der Waals surface area (Å²) in [4.78, 5) is 14.0. The highest BCUT2D eigenvalue weighted by Gasteiger charge is 2.14. The second-order valence-corrected chi connectivity index (χ2v) is 5.12. The van der Waals surface area contributed by atoms with Crippen molar-refractivity contribution in [2.75, 3.05) is 27.2 Å². The van der Waals surface area contributed by atoms with Crippen LogP contribution < -0.4 is 5.32 Å². The van der Waals surface area contributed by atoms with Crippen LogP contribution in [0, 0.1) is 17.7 Å². The molecule has 0 bridgehead atoms. The highest BCUT2D eigenvalue weighted by Crippen LogP contribution is 2.10. The van der Waals surface area contributed by atoms with Crippen molar-refractivity contribution in [1.82, 2.24) is 10.2 Å². The molecule has 2 N–H and O–H groups in total. The number of benzene rings is 1. The van der Waals surface area contributed by atoms with Crippen molar-refractivity contribution in [1.29, 1.82) is 0 Å². The van der Waals surface area contributed by atoms with E-state index in [4.69, 9.17) is 5.11 Å². The highest BCUT2D eigenvalue weighted by atomic mass is 19.1. The van der Waals surface area contributed by atoms with Crippen LogP contribution in [0.3, 0.4) is 0 Å². The summed E-state index contributed by atoms with van der Waals surface area (Å²) in [6.07, 6.45) is 0.792. The van der Waals surface area contributed by atoms with E-state index < -0.39 is 11.7 Å². The molecule has 1 aromatic carbocycles. The van der Waals surface area contributed by atoms with Gasteiger partial charge in [0, 0.05) is 11.6 Å². The Kier molecular flexibility index (Phi) is 6.86. The normalized spacial score (nSPS) is 11.7. The zero-order valence-corrected chi connectivity index (χ0v) is 12.6. The van der Waals surface area contributed by atoms with Gasteiger partial charge in [-0.2, -0.15) is 0 Å². The minimum atomic E-state index is -0.614. The summed E-state index contributed by atoms with van der Waals surface area (Å²) in [5.74, 6) is 3.99. The Bertz CT molecular complexity index is 547. The first-order valence-electron chi connectivity index (χ1n) is 6.79. The number of carbonyl (C=O) groups is 1. The maximum atomic E-state index is 13.9. The Balaban J connectivity index is 2.70. The Morgan fingerprint density at radius 3 is 2.76 bits per heavy atom. The molecule has 0 heterocycles. The van der Waals surface area contributed by atoms with Gasteiger partial charge < -0.3 is 15.3 Å². The molecule has 0 aliphatic heterocycles. The van der Waals surface area contributed by atoms with E-state index in [0.29, 0.717) is 5.56 Å². The van der Waals surface area contributed by atoms with Crippen molar-refractivity contribution in [3.63, 3.8) is 0 Å². The Morgan fingerprint density at radius 2 is 2.19 bits per heavy atom. The summed E-state index contributed by atoms with van der Waals surface area (Å²) in [6.45, 7) is 2.45. The molecule has 1 amide bonds. The third-order valence-electron chi connectivity index (χ3n) is 2.91. The SMILES string of the molecule is CC(CCN(C)C)NC(=O)c1ccc(C#CCO)cc1F. The number of aliphatic hydroxyl groups is 1. The molecule has 1 rings (SSSR count). The molecule has 4 nitrogen and oxygen atoms in total. The average Bonchev–Trinajstić information content (AvgIpc) is 2.42. The molecule has 0 spiro atoms. The molecule has 0 radical (unpaired) electrons. The molecule has 5 heteroatoms. The van der Waals surface area contributed by atoms with Crippen molar-refractivity contribution in [3.05, 3.63) is 35.1 Å². The molecule has 0 fully saturated rings. The van der Waals surface area contributed by atoms with Gasteiger partial charge in [0.2, 0.25) is 0 Å². The lowest BCUT2D eigenvalue weighted by Gasteiger charge is -2.17. The molecule has 0 saturated carbocycles.